The highest BCUT2D eigenvalue weighted by atomic mass is 35.5. The summed E-state index contributed by atoms with van der Waals surface area (Å²) in [5.74, 6) is 0.128. The molecule has 2 aliphatic rings. The summed E-state index contributed by atoms with van der Waals surface area (Å²) in [4.78, 5) is 0. The van der Waals surface area contributed by atoms with Crippen LogP contribution in [0, 0.1) is 5.82 Å². The van der Waals surface area contributed by atoms with E-state index in [0.29, 0.717) is 17.5 Å². The van der Waals surface area contributed by atoms with Crippen LogP contribution in [-0.2, 0) is 6.54 Å². The van der Waals surface area contributed by atoms with Gasteiger partial charge in [0, 0.05) is 23.7 Å². The number of hydrogen-bond donors (Lipinski definition) is 2. The van der Waals surface area contributed by atoms with Crippen molar-refractivity contribution in [3.63, 3.8) is 0 Å². The smallest absolute Gasteiger partial charge is 0.129 e. The maximum absolute atomic E-state index is 13.3. The topological polar surface area (TPSA) is 38.0 Å². The van der Waals surface area contributed by atoms with Crippen molar-refractivity contribution in [2.24, 2.45) is 5.73 Å². The number of fused-ring (bicyclic) bond motifs is 3. The largest absolute Gasteiger partial charge is 0.380 e. The summed E-state index contributed by atoms with van der Waals surface area (Å²) in [5, 5.41) is 3.37. The molecule has 3 N–H and O–H groups in total. The minimum Gasteiger partial charge on any atom is -0.380 e. The first-order valence-electron chi connectivity index (χ1n) is 4.65. The summed E-state index contributed by atoms with van der Waals surface area (Å²) >= 11 is 6.03. The van der Waals surface area contributed by atoms with Crippen molar-refractivity contribution in [3.05, 3.63) is 29.1 Å². The van der Waals surface area contributed by atoms with E-state index in [4.69, 9.17) is 17.3 Å². The molecule has 2 nitrogen and oxygen atoms in total. The van der Waals surface area contributed by atoms with Gasteiger partial charge in [0.25, 0.3) is 0 Å². The van der Waals surface area contributed by atoms with Crippen LogP contribution in [0.3, 0.4) is 0 Å². The van der Waals surface area contributed by atoms with Crippen LogP contribution in [-0.4, -0.2) is 11.4 Å². The lowest BCUT2D eigenvalue weighted by Gasteiger charge is -2.08. The Bertz CT molecular complexity index is 407. The number of rotatable bonds is 1. The Morgan fingerprint density at radius 1 is 1.50 bits per heavy atom. The second-order valence-corrected chi connectivity index (χ2v) is 4.38. The van der Waals surface area contributed by atoms with Crippen molar-refractivity contribution in [1.29, 1.82) is 0 Å². The second-order valence-electron chi connectivity index (χ2n) is 3.88. The molecule has 0 spiro atoms. The van der Waals surface area contributed by atoms with E-state index in [1.165, 1.54) is 6.07 Å². The lowest BCUT2D eigenvalue weighted by molar-refractivity contribution is 0.610. The molecule has 3 atom stereocenters. The molecule has 0 radical (unpaired) electrons. The predicted molar refractivity (Wildman–Crippen MR) is 54.1 cm³/mol. The zero-order chi connectivity index (χ0) is 9.87. The van der Waals surface area contributed by atoms with Crippen LogP contribution in [0.1, 0.15) is 17.0 Å². The molecule has 14 heavy (non-hydrogen) atoms. The molecular formula is C10H10ClFN2. The average Bonchev–Trinajstić information content (AvgIpc) is 2.65. The van der Waals surface area contributed by atoms with Crippen molar-refractivity contribution in [3.8, 4) is 0 Å². The zero-order valence-electron chi connectivity index (χ0n) is 7.43. The van der Waals surface area contributed by atoms with Crippen molar-refractivity contribution < 1.29 is 4.39 Å². The summed E-state index contributed by atoms with van der Waals surface area (Å²) in [6, 6.07) is 3.66. The monoisotopic (exact) mass is 212 g/mol. The molecule has 1 aliphatic heterocycles. The van der Waals surface area contributed by atoms with Crippen LogP contribution in [0.2, 0.25) is 0 Å². The molecule has 1 saturated carbocycles. The Morgan fingerprint density at radius 2 is 2.29 bits per heavy atom. The van der Waals surface area contributed by atoms with Gasteiger partial charge in [0.05, 0.1) is 11.4 Å². The van der Waals surface area contributed by atoms with E-state index >= 15 is 0 Å². The van der Waals surface area contributed by atoms with Gasteiger partial charge in [-0.2, -0.15) is 0 Å². The van der Waals surface area contributed by atoms with Gasteiger partial charge < -0.3 is 11.1 Å². The summed E-state index contributed by atoms with van der Waals surface area (Å²) in [6.07, 6.45) is 0. The van der Waals surface area contributed by atoms with Gasteiger partial charge in [0.15, 0.2) is 0 Å². The molecule has 4 heteroatoms. The fourth-order valence-electron chi connectivity index (χ4n) is 2.18. The maximum atomic E-state index is 13.3. The summed E-state index contributed by atoms with van der Waals surface area (Å²) < 4.78 is 13.3. The Hall–Kier alpha value is -0.800. The highest BCUT2D eigenvalue weighted by Gasteiger charge is 2.55. The average molecular weight is 213 g/mol. The van der Waals surface area contributed by atoms with E-state index in [1.807, 2.05) is 6.07 Å². The fourth-order valence-corrected chi connectivity index (χ4v) is 2.61. The first-order chi connectivity index (χ1) is 6.72. The lowest BCUT2D eigenvalue weighted by Crippen LogP contribution is -2.05. The van der Waals surface area contributed by atoms with Gasteiger partial charge >= 0.3 is 0 Å². The van der Waals surface area contributed by atoms with Crippen molar-refractivity contribution in [2.45, 2.75) is 23.9 Å². The van der Waals surface area contributed by atoms with Crippen LogP contribution in [0.25, 0.3) is 0 Å². The van der Waals surface area contributed by atoms with Gasteiger partial charge in [-0.1, -0.05) is 0 Å². The van der Waals surface area contributed by atoms with Gasteiger partial charge in [-0.05, 0) is 17.7 Å². The number of alkyl halides is 1. The number of nitrogens with one attached hydrogen (secondary N) is 1. The van der Waals surface area contributed by atoms with Gasteiger partial charge in [-0.15, -0.1) is 11.6 Å². The van der Waals surface area contributed by atoms with E-state index in [1.54, 1.807) is 0 Å². The molecule has 0 bridgehead atoms. The molecule has 1 aromatic carbocycles. The van der Waals surface area contributed by atoms with Crippen molar-refractivity contribution in [1.82, 2.24) is 0 Å². The fraction of sp³-hybridized carbons (Fsp3) is 0.400. The van der Waals surface area contributed by atoms with Gasteiger partial charge in [-0.25, -0.2) is 4.39 Å². The van der Waals surface area contributed by atoms with Crippen LogP contribution < -0.4 is 11.1 Å². The third-order valence-electron chi connectivity index (χ3n) is 3.05. The molecule has 3 unspecified atom stereocenters. The number of nitrogens with two attached hydrogens (primary N) is 1. The third kappa shape index (κ3) is 0.940. The Kier molecular flexibility index (Phi) is 1.59. The van der Waals surface area contributed by atoms with E-state index < -0.39 is 0 Å². The molecule has 0 aromatic heterocycles. The number of anilines is 1. The number of hydrogen-bond acceptors (Lipinski definition) is 2. The molecule has 1 fully saturated rings. The van der Waals surface area contributed by atoms with Crippen molar-refractivity contribution >= 4 is 17.3 Å². The van der Waals surface area contributed by atoms with Gasteiger partial charge in [0.2, 0.25) is 0 Å². The Morgan fingerprint density at radius 3 is 3.00 bits per heavy atom. The molecule has 1 aliphatic carbocycles. The van der Waals surface area contributed by atoms with Crippen LogP contribution in [0.4, 0.5) is 10.1 Å². The Labute approximate surface area is 86.2 Å². The minimum atomic E-state index is -0.230. The highest BCUT2D eigenvalue weighted by Crippen LogP contribution is 2.55. The summed E-state index contributed by atoms with van der Waals surface area (Å²) in [6.45, 7) is 0.240. The third-order valence-corrected chi connectivity index (χ3v) is 3.59. The quantitative estimate of drug-likeness (QED) is 0.697. The molecule has 3 rings (SSSR count). The number of benzene rings is 1. The minimum absolute atomic E-state index is 0.165. The molecule has 0 saturated heterocycles. The van der Waals surface area contributed by atoms with E-state index in [9.17, 15) is 4.39 Å². The molecular weight excluding hydrogens is 203 g/mol. The van der Waals surface area contributed by atoms with Crippen molar-refractivity contribution in [2.75, 3.05) is 5.32 Å². The molecule has 1 heterocycles. The summed E-state index contributed by atoms with van der Waals surface area (Å²) in [5.41, 5.74) is 8.02. The first kappa shape index (κ1) is 8.50. The standard InChI is InChI=1S/C10H10ClFN2/c11-9-8-5-1-4(3-13)6(12)2-7(5)14-10(8)9/h1-2,8-10,14H,3,13H2. The lowest BCUT2D eigenvalue weighted by atomic mass is 10.1. The second kappa shape index (κ2) is 2.61. The normalized spacial score (nSPS) is 32.1. The van der Waals surface area contributed by atoms with Crippen LogP contribution >= 0.6 is 11.6 Å². The number of halogens is 2. The molecule has 1 aromatic rings. The van der Waals surface area contributed by atoms with Crippen LogP contribution in [0.5, 0.6) is 0 Å². The summed E-state index contributed by atoms with van der Waals surface area (Å²) in [7, 11) is 0. The van der Waals surface area contributed by atoms with E-state index in [0.717, 1.165) is 11.3 Å². The van der Waals surface area contributed by atoms with E-state index in [2.05, 4.69) is 5.32 Å². The highest BCUT2D eigenvalue weighted by molar-refractivity contribution is 6.25. The van der Waals surface area contributed by atoms with Gasteiger partial charge in [0.1, 0.15) is 5.82 Å². The van der Waals surface area contributed by atoms with Gasteiger partial charge in [-0.3, -0.25) is 0 Å². The molecule has 74 valence electrons. The SMILES string of the molecule is NCc1cc2c(cc1F)NC1C(Cl)C21. The zero-order valence-corrected chi connectivity index (χ0v) is 8.18. The maximum Gasteiger partial charge on any atom is 0.129 e. The van der Waals surface area contributed by atoms with Crippen LogP contribution in [0.15, 0.2) is 12.1 Å². The van der Waals surface area contributed by atoms with E-state index in [-0.39, 0.29) is 17.7 Å². The Balaban J connectivity index is 2.09. The molecule has 0 amide bonds. The first-order valence-corrected chi connectivity index (χ1v) is 5.09. The predicted octanol–water partition coefficient (Wildman–Crippen LogP) is 1.78.